The smallest absolute Gasteiger partial charge is 0.245 e. The topological polar surface area (TPSA) is 72.3 Å². The van der Waals surface area contributed by atoms with E-state index in [0.29, 0.717) is 0 Å². The van der Waals surface area contributed by atoms with Crippen LogP contribution in [0.25, 0.3) is 0 Å². The van der Waals surface area contributed by atoms with Crippen LogP contribution in [0.15, 0.2) is 12.4 Å². The summed E-state index contributed by atoms with van der Waals surface area (Å²) < 4.78 is 24.7. The van der Waals surface area contributed by atoms with Crippen molar-refractivity contribution in [2.45, 2.75) is 32.7 Å². The maximum atomic E-state index is 12.5. The predicted octanol–water partition coefficient (Wildman–Crippen LogP) is 0.825. The normalized spacial score (nSPS) is 20.1. The second-order valence-corrected chi connectivity index (χ2v) is 7.80. The lowest BCUT2D eigenvalue weighted by atomic mass is 10.2. The van der Waals surface area contributed by atoms with Crippen LogP contribution in [0, 0.1) is 0 Å². The fourth-order valence-electron chi connectivity index (χ4n) is 2.42. The van der Waals surface area contributed by atoms with Gasteiger partial charge in [0, 0.05) is 31.4 Å². The Hall–Kier alpha value is -1.37. The first kappa shape index (κ1) is 15.0. The largest absolute Gasteiger partial charge is 0.339 e. The van der Waals surface area contributed by atoms with Gasteiger partial charge in [0.25, 0.3) is 0 Å². The van der Waals surface area contributed by atoms with Crippen molar-refractivity contribution in [2.75, 3.05) is 24.6 Å². The Labute approximate surface area is 119 Å². The monoisotopic (exact) mass is 299 g/mol. The van der Waals surface area contributed by atoms with Crippen molar-refractivity contribution in [3.63, 3.8) is 0 Å². The second kappa shape index (κ2) is 5.55. The molecule has 112 valence electrons. The Balaban J connectivity index is 2.11. The van der Waals surface area contributed by atoms with E-state index in [1.165, 1.54) is 0 Å². The Kier molecular flexibility index (Phi) is 4.17. The molecule has 1 atom stereocenters. The van der Waals surface area contributed by atoms with E-state index in [0.717, 1.165) is 5.82 Å². The van der Waals surface area contributed by atoms with E-state index >= 15 is 0 Å². The fraction of sp³-hybridized carbons (Fsp3) is 0.692. The zero-order valence-corrected chi connectivity index (χ0v) is 12.9. The highest BCUT2D eigenvalue weighted by molar-refractivity contribution is 7.91. The highest BCUT2D eigenvalue weighted by Crippen LogP contribution is 2.19. The Morgan fingerprint density at radius 2 is 1.85 bits per heavy atom. The predicted molar refractivity (Wildman–Crippen MR) is 76.3 cm³/mol. The molecule has 2 rings (SSSR count). The summed E-state index contributed by atoms with van der Waals surface area (Å²) in [5.41, 5.74) is 0. The third kappa shape index (κ3) is 3.03. The van der Waals surface area contributed by atoms with Crippen LogP contribution in [0.4, 0.5) is 0 Å². The van der Waals surface area contributed by atoms with Crippen LogP contribution in [-0.4, -0.2) is 53.4 Å². The van der Waals surface area contributed by atoms with E-state index < -0.39 is 9.84 Å². The summed E-state index contributed by atoms with van der Waals surface area (Å²) in [6, 6.07) is -0.351. The lowest BCUT2D eigenvalue weighted by Crippen LogP contribution is -2.46. The van der Waals surface area contributed by atoms with Gasteiger partial charge in [-0.1, -0.05) is 13.8 Å². The number of aromatic nitrogens is 2. The molecule has 1 aliphatic heterocycles. The van der Waals surface area contributed by atoms with Crippen LogP contribution in [0.1, 0.15) is 38.6 Å². The lowest BCUT2D eigenvalue weighted by Gasteiger charge is -2.30. The van der Waals surface area contributed by atoms with Gasteiger partial charge in [0.15, 0.2) is 9.84 Å². The second-order valence-electron chi connectivity index (χ2n) is 5.50. The van der Waals surface area contributed by atoms with Gasteiger partial charge in [0.1, 0.15) is 11.9 Å². The molecule has 1 fully saturated rings. The van der Waals surface area contributed by atoms with E-state index in [9.17, 15) is 13.2 Å². The molecule has 0 radical (unpaired) electrons. The van der Waals surface area contributed by atoms with Gasteiger partial charge < -0.3 is 9.47 Å². The summed E-state index contributed by atoms with van der Waals surface area (Å²) in [5.74, 6) is 1.19. The minimum atomic E-state index is -2.96. The standard InChI is InChI=1S/C13H21N3O3S/c1-10(2)12-14-4-5-16(12)11(3)13(17)15-6-8-20(18,19)9-7-15/h4-5,10-11H,6-9H2,1-3H3/t11-/m0/s1. The summed E-state index contributed by atoms with van der Waals surface area (Å²) in [6.07, 6.45) is 3.50. The van der Waals surface area contributed by atoms with Gasteiger partial charge in [0.05, 0.1) is 11.5 Å². The molecule has 0 bridgehead atoms. The third-order valence-corrected chi connectivity index (χ3v) is 5.25. The van der Waals surface area contributed by atoms with Gasteiger partial charge in [-0.2, -0.15) is 0 Å². The molecule has 20 heavy (non-hydrogen) atoms. The van der Waals surface area contributed by atoms with Gasteiger partial charge >= 0.3 is 0 Å². The van der Waals surface area contributed by atoms with Crippen molar-refractivity contribution in [1.29, 1.82) is 0 Å². The minimum Gasteiger partial charge on any atom is -0.339 e. The van der Waals surface area contributed by atoms with Crippen LogP contribution in [-0.2, 0) is 14.6 Å². The zero-order valence-electron chi connectivity index (χ0n) is 12.1. The summed E-state index contributed by atoms with van der Waals surface area (Å²) in [6.45, 7) is 6.47. The van der Waals surface area contributed by atoms with Crippen molar-refractivity contribution in [3.8, 4) is 0 Å². The van der Waals surface area contributed by atoms with Gasteiger partial charge in [-0.05, 0) is 6.92 Å². The van der Waals surface area contributed by atoms with Gasteiger partial charge in [0.2, 0.25) is 5.91 Å². The number of hydrogen-bond acceptors (Lipinski definition) is 4. The van der Waals surface area contributed by atoms with Crippen molar-refractivity contribution in [1.82, 2.24) is 14.5 Å². The molecule has 0 unspecified atom stereocenters. The van der Waals surface area contributed by atoms with Crippen LogP contribution in [0.5, 0.6) is 0 Å². The zero-order chi connectivity index (χ0) is 14.9. The van der Waals surface area contributed by atoms with Crippen LogP contribution in [0.2, 0.25) is 0 Å². The van der Waals surface area contributed by atoms with Crippen LogP contribution < -0.4 is 0 Å². The molecule has 0 N–H and O–H groups in total. The van der Waals surface area contributed by atoms with Gasteiger partial charge in [-0.15, -0.1) is 0 Å². The number of rotatable bonds is 3. The fourth-order valence-corrected chi connectivity index (χ4v) is 3.62. The molecule has 0 aromatic carbocycles. The van der Waals surface area contributed by atoms with E-state index in [1.54, 1.807) is 17.3 Å². The highest BCUT2D eigenvalue weighted by atomic mass is 32.2. The SMILES string of the molecule is CC(C)c1nccn1[C@@H](C)C(=O)N1CCS(=O)(=O)CC1. The van der Waals surface area contributed by atoms with E-state index in [-0.39, 0.29) is 42.5 Å². The molecule has 1 saturated heterocycles. The van der Waals surface area contributed by atoms with Crippen LogP contribution in [0.3, 0.4) is 0 Å². The van der Waals surface area contributed by atoms with Crippen molar-refractivity contribution < 1.29 is 13.2 Å². The van der Waals surface area contributed by atoms with E-state index in [4.69, 9.17) is 0 Å². The molecule has 7 heteroatoms. The number of carbonyl (C=O) groups is 1. The number of sulfone groups is 1. The summed E-state index contributed by atoms with van der Waals surface area (Å²) in [5, 5.41) is 0. The molecule has 1 amide bonds. The summed E-state index contributed by atoms with van der Waals surface area (Å²) in [4.78, 5) is 18.4. The quantitative estimate of drug-likeness (QED) is 0.828. The first-order valence-corrected chi connectivity index (χ1v) is 8.66. The summed E-state index contributed by atoms with van der Waals surface area (Å²) >= 11 is 0. The molecule has 0 aliphatic carbocycles. The average molecular weight is 299 g/mol. The number of hydrogen-bond donors (Lipinski definition) is 0. The van der Waals surface area contributed by atoms with Crippen molar-refractivity contribution >= 4 is 15.7 Å². The first-order chi connectivity index (χ1) is 9.32. The lowest BCUT2D eigenvalue weighted by molar-refractivity contribution is -0.134. The first-order valence-electron chi connectivity index (χ1n) is 6.84. The maximum Gasteiger partial charge on any atom is 0.245 e. The number of nitrogens with zero attached hydrogens (tertiary/aromatic N) is 3. The molecule has 0 saturated carbocycles. The average Bonchev–Trinajstić information content (AvgIpc) is 2.86. The number of carbonyl (C=O) groups excluding carboxylic acids is 1. The third-order valence-electron chi connectivity index (χ3n) is 3.65. The van der Waals surface area contributed by atoms with Gasteiger partial charge in [-0.25, -0.2) is 13.4 Å². The Bertz CT molecular complexity index is 578. The number of imidazole rings is 1. The Morgan fingerprint density at radius 3 is 2.40 bits per heavy atom. The molecular weight excluding hydrogens is 278 g/mol. The molecule has 6 nitrogen and oxygen atoms in total. The minimum absolute atomic E-state index is 0.0419. The molecule has 2 heterocycles. The molecule has 1 aliphatic rings. The molecular formula is C13H21N3O3S. The van der Waals surface area contributed by atoms with E-state index in [1.807, 2.05) is 25.3 Å². The number of amides is 1. The Morgan fingerprint density at radius 1 is 1.25 bits per heavy atom. The van der Waals surface area contributed by atoms with Gasteiger partial charge in [-0.3, -0.25) is 4.79 Å². The van der Waals surface area contributed by atoms with E-state index in [2.05, 4.69) is 4.98 Å². The molecule has 1 aromatic rings. The van der Waals surface area contributed by atoms with Crippen molar-refractivity contribution in [2.24, 2.45) is 0 Å². The highest BCUT2D eigenvalue weighted by Gasteiger charge is 2.29. The molecule has 1 aromatic heterocycles. The molecule has 0 spiro atoms. The summed E-state index contributed by atoms with van der Waals surface area (Å²) in [7, 11) is -2.96. The maximum absolute atomic E-state index is 12.5. The van der Waals surface area contributed by atoms with Crippen molar-refractivity contribution in [3.05, 3.63) is 18.2 Å². The van der Waals surface area contributed by atoms with Crippen LogP contribution >= 0.6 is 0 Å².